The molecule has 0 aliphatic heterocycles. The lowest BCUT2D eigenvalue weighted by atomic mass is 10.1. The molecule has 29 heavy (non-hydrogen) atoms. The molecular weight excluding hydrogens is 402 g/mol. The van der Waals surface area contributed by atoms with Gasteiger partial charge in [0, 0.05) is 17.2 Å². The first-order valence-electron chi connectivity index (χ1n) is 8.72. The van der Waals surface area contributed by atoms with E-state index in [1.54, 1.807) is 6.92 Å². The number of nitrogens with one attached hydrogen (secondary N) is 2. The average molecular weight is 418 g/mol. The van der Waals surface area contributed by atoms with Crippen molar-refractivity contribution in [3.63, 3.8) is 0 Å². The lowest BCUT2D eigenvalue weighted by molar-refractivity contribution is 0.442. The average Bonchev–Trinajstić information content (AvgIpc) is 3.05. The Balaban J connectivity index is 1.77. The van der Waals surface area contributed by atoms with Crippen molar-refractivity contribution in [3.05, 3.63) is 59.1 Å². The molecule has 1 aliphatic carbocycles. The van der Waals surface area contributed by atoms with Crippen molar-refractivity contribution < 1.29 is 4.74 Å². The lowest BCUT2D eigenvalue weighted by Gasteiger charge is -2.13. The second-order valence-corrected chi connectivity index (χ2v) is 7.13. The number of halogens is 1. The standard InChI is InChI=1S/C17H16ClN7O4/c1-6-3-4-8-11(6)14(26)22-23-16(8)29-12-7(2)20-10(5-9(12)18)25-17(28)21-15(27)13(19)24-25/h5-6H,3-4H2,1-2H3,(H2,19,24)(H,22,26)(H,21,27,28). The second-order valence-electron chi connectivity index (χ2n) is 6.73. The van der Waals surface area contributed by atoms with Crippen molar-refractivity contribution in [3.8, 4) is 17.4 Å². The number of hydrogen-bond acceptors (Lipinski definition) is 8. The van der Waals surface area contributed by atoms with E-state index in [-0.39, 0.29) is 39.8 Å². The second kappa shape index (κ2) is 6.85. The molecule has 12 heteroatoms. The fourth-order valence-electron chi connectivity index (χ4n) is 3.34. The van der Waals surface area contributed by atoms with E-state index in [2.05, 4.69) is 20.3 Å². The van der Waals surface area contributed by atoms with Crippen LogP contribution in [0.25, 0.3) is 5.82 Å². The third-order valence-corrected chi connectivity index (χ3v) is 5.04. The number of rotatable bonds is 3. The fraction of sp³-hybridized carbons (Fsp3) is 0.294. The SMILES string of the molecule is Cc1nc(-n2nc(N)c(=O)[nH]c2=O)cc(Cl)c1Oc1n[nH]c(=O)c2c1CCC2C. The summed E-state index contributed by atoms with van der Waals surface area (Å²) in [6, 6.07) is 1.35. The predicted octanol–water partition coefficient (Wildman–Crippen LogP) is 0.785. The number of nitrogen functional groups attached to an aromatic ring is 1. The molecule has 0 saturated heterocycles. The number of nitrogens with zero attached hydrogens (tertiary/aromatic N) is 4. The maximum absolute atomic E-state index is 12.1. The van der Waals surface area contributed by atoms with Gasteiger partial charge in [0.2, 0.25) is 11.7 Å². The number of aromatic amines is 2. The maximum atomic E-state index is 12.1. The number of fused-ring (bicyclic) bond motifs is 1. The molecule has 1 unspecified atom stereocenters. The highest BCUT2D eigenvalue weighted by atomic mass is 35.5. The normalized spacial score (nSPS) is 15.3. The Morgan fingerprint density at radius 2 is 2.07 bits per heavy atom. The number of anilines is 1. The highest BCUT2D eigenvalue weighted by molar-refractivity contribution is 6.32. The number of aryl methyl sites for hydroxylation is 1. The van der Waals surface area contributed by atoms with E-state index in [4.69, 9.17) is 22.1 Å². The minimum Gasteiger partial charge on any atom is -0.434 e. The first kappa shape index (κ1) is 18.9. The van der Waals surface area contributed by atoms with E-state index in [1.807, 2.05) is 11.9 Å². The number of aromatic nitrogens is 6. The van der Waals surface area contributed by atoms with Crippen LogP contribution in [0.4, 0.5) is 5.82 Å². The lowest BCUT2D eigenvalue weighted by Crippen LogP contribution is -2.33. The Bertz CT molecular complexity index is 1290. The molecule has 0 radical (unpaired) electrons. The fourth-order valence-corrected chi connectivity index (χ4v) is 3.61. The van der Waals surface area contributed by atoms with Gasteiger partial charge in [0.1, 0.15) is 0 Å². The molecule has 3 heterocycles. The van der Waals surface area contributed by atoms with E-state index in [1.165, 1.54) is 6.07 Å². The van der Waals surface area contributed by atoms with Gasteiger partial charge >= 0.3 is 5.69 Å². The molecule has 3 aromatic heterocycles. The molecule has 3 aromatic rings. The van der Waals surface area contributed by atoms with Crippen LogP contribution in [0.15, 0.2) is 20.4 Å². The summed E-state index contributed by atoms with van der Waals surface area (Å²) >= 11 is 6.36. The van der Waals surface area contributed by atoms with Gasteiger partial charge in [-0.1, -0.05) is 18.5 Å². The van der Waals surface area contributed by atoms with Crippen LogP contribution in [0.3, 0.4) is 0 Å². The van der Waals surface area contributed by atoms with Crippen molar-refractivity contribution in [2.24, 2.45) is 0 Å². The summed E-state index contributed by atoms with van der Waals surface area (Å²) < 4.78 is 6.71. The Kier molecular flexibility index (Phi) is 4.46. The third-order valence-electron chi connectivity index (χ3n) is 4.76. The summed E-state index contributed by atoms with van der Waals surface area (Å²) in [7, 11) is 0. The molecule has 0 saturated carbocycles. The van der Waals surface area contributed by atoms with E-state index in [0.717, 1.165) is 16.7 Å². The molecule has 4 N–H and O–H groups in total. The van der Waals surface area contributed by atoms with Crippen LogP contribution in [-0.4, -0.2) is 29.9 Å². The number of H-pyrrole nitrogens is 2. The van der Waals surface area contributed by atoms with Crippen LogP contribution in [0.5, 0.6) is 11.6 Å². The van der Waals surface area contributed by atoms with Crippen LogP contribution in [0.2, 0.25) is 5.02 Å². The van der Waals surface area contributed by atoms with Gasteiger partial charge in [-0.05, 0) is 25.7 Å². The molecule has 1 aliphatic rings. The van der Waals surface area contributed by atoms with Gasteiger partial charge < -0.3 is 10.5 Å². The van der Waals surface area contributed by atoms with Crippen molar-refractivity contribution >= 4 is 17.4 Å². The van der Waals surface area contributed by atoms with Gasteiger partial charge in [-0.25, -0.2) is 14.9 Å². The van der Waals surface area contributed by atoms with E-state index in [0.29, 0.717) is 17.7 Å². The first-order chi connectivity index (χ1) is 13.8. The third kappa shape index (κ3) is 3.18. The number of ether oxygens (including phenoxy) is 1. The molecule has 0 aromatic carbocycles. The van der Waals surface area contributed by atoms with Gasteiger partial charge in [0.25, 0.3) is 11.1 Å². The van der Waals surface area contributed by atoms with Crippen LogP contribution in [-0.2, 0) is 6.42 Å². The Labute approximate surface area is 167 Å². The summed E-state index contributed by atoms with van der Waals surface area (Å²) in [5.41, 5.74) is 5.39. The van der Waals surface area contributed by atoms with Crippen LogP contribution < -0.4 is 27.3 Å². The molecule has 150 valence electrons. The smallest absolute Gasteiger partial charge is 0.351 e. The van der Waals surface area contributed by atoms with Gasteiger partial charge in [0.05, 0.1) is 10.7 Å². The summed E-state index contributed by atoms with van der Waals surface area (Å²) in [5.74, 6) is 0.262. The largest absolute Gasteiger partial charge is 0.434 e. The molecule has 0 fully saturated rings. The van der Waals surface area contributed by atoms with Gasteiger partial charge in [-0.2, -0.15) is 4.68 Å². The van der Waals surface area contributed by atoms with E-state index in [9.17, 15) is 14.4 Å². The number of hydrogen-bond donors (Lipinski definition) is 3. The van der Waals surface area contributed by atoms with Gasteiger partial charge in [-0.3, -0.25) is 14.6 Å². The maximum Gasteiger partial charge on any atom is 0.351 e. The van der Waals surface area contributed by atoms with Crippen LogP contribution in [0, 0.1) is 6.92 Å². The Morgan fingerprint density at radius 3 is 2.79 bits per heavy atom. The summed E-state index contributed by atoms with van der Waals surface area (Å²) in [5, 5.41) is 10.3. The topological polar surface area (TPSA) is 162 Å². The highest BCUT2D eigenvalue weighted by Crippen LogP contribution is 2.38. The molecule has 0 bridgehead atoms. The van der Waals surface area contributed by atoms with Crippen LogP contribution in [0.1, 0.15) is 36.1 Å². The summed E-state index contributed by atoms with van der Waals surface area (Å²) in [4.78, 5) is 41.8. The minimum absolute atomic E-state index is 0.0566. The summed E-state index contributed by atoms with van der Waals surface area (Å²) in [6.07, 6.45) is 1.49. The first-order valence-corrected chi connectivity index (χ1v) is 9.10. The number of pyridine rings is 1. The monoisotopic (exact) mass is 417 g/mol. The van der Waals surface area contributed by atoms with Gasteiger partial charge in [-0.15, -0.1) is 10.2 Å². The zero-order valence-electron chi connectivity index (χ0n) is 15.4. The zero-order valence-corrected chi connectivity index (χ0v) is 16.2. The van der Waals surface area contributed by atoms with E-state index < -0.39 is 11.2 Å². The van der Waals surface area contributed by atoms with Crippen molar-refractivity contribution in [1.82, 2.24) is 29.9 Å². The molecule has 0 spiro atoms. The summed E-state index contributed by atoms with van der Waals surface area (Å²) in [6.45, 7) is 3.60. The molecule has 4 rings (SSSR count). The Hall–Kier alpha value is -3.47. The Morgan fingerprint density at radius 1 is 1.31 bits per heavy atom. The molecule has 11 nitrogen and oxygen atoms in total. The van der Waals surface area contributed by atoms with Crippen molar-refractivity contribution in [1.29, 1.82) is 0 Å². The molecule has 0 amide bonds. The zero-order chi connectivity index (χ0) is 20.9. The van der Waals surface area contributed by atoms with Crippen LogP contribution >= 0.6 is 11.6 Å². The van der Waals surface area contributed by atoms with Crippen molar-refractivity contribution in [2.45, 2.75) is 32.6 Å². The predicted molar refractivity (Wildman–Crippen MR) is 104 cm³/mol. The van der Waals surface area contributed by atoms with Crippen molar-refractivity contribution in [2.75, 3.05) is 5.73 Å². The molecule has 1 atom stereocenters. The highest BCUT2D eigenvalue weighted by Gasteiger charge is 2.27. The molecular formula is C17H16ClN7O4. The number of nitrogens with two attached hydrogens (primary N) is 1. The minimum atomic E-state index is -0.810. The van der Waals surface area contributed by atoms with Gasteiger partial charge in [0.15, 0.2) is 11.6 Å². The van der Waals surface area contributed by atoms with E-state index >= 15 is 0 Å². The quantitative estimate of drug-likeness (QED) is 0.563.